The van der Waals surface area contributed by atoms with Crippen LogP contribution in [-0.2, 0) is 5.41 Å². The topological polar surface area (TPSA) is 25.2 Å². The van der Waals surface area contributed by atoms with Gasteiger partial charge in [0.15, 0.2) is 0 Å². The maximum atomic E-state index is 5.97. The third kappa shape index (κ3) is 2.54. The van der Waals surface area contributed by atoms with Crippen molar-refractivity contribution in [1.29, 1.82) is 0 Å². The number of rotatable bonds is 2. The van der Waals surface area contributed by atoms with Gasteiger partial charge in [-0.25, -0.2) is 0 Å². The van der Waals surface area contributed by atoms with Crippen LogP contribution in [0.4, 0.5) is 11.4 Å². The molecular formula is C22H21NO. The summed E-state index contributed by atoms with van der Waals surface area (Å²) in [6.45, 7) is 6.70. The van der Waals surface area contributed by atoms with Crippen molar-refractivity contribution in [2.45, 2.75) is 26.2 Å². The van der Waals surface area contributed by atoms with Gasteiger partial charge in [0.1, 0.15) is 11.2 Å². The van der Waals surface area contributed by atoms with Gasteiger partial charge in [0, 0.05) is 11.1 Å². The van der Waals surface area contributed by atoms with Crippen molar-refractivity contribution in [1.82, 2.24) is 0 Å². The van der Waals surface area contributed by atoms with Gasteiger partial charge >= 0.3 is 0 Å². The molecule has 0 fully saturated rings. The molecule has 3 aromatic carbocycles. The van der Waals surface area contributed by atoms with Crippen LogP contribution in [0.1, 0.15) is 26.3 Å². The molecule has 2 heteroatoms. The maximum absolute atomic E-state index is 5.97. The van der Waals surface area contributed by atoms with Gasteiger partial charge in [-0.2, -0.15) is 0 Å². The van der Waals surface area contributed by atoms with E-state index < -0.39 is 0 Å². The SMILES string of the molecule is CC(C)(C)c1cccc(Nc2cccc3oc4ccccc4c23)c1. The third-order valence-corrected chi connectivity index (χ3v) is 4.41. The Hall–Kier alpha value is -2.74. The summed E-state index contributed by atoms with van der Waals surface area (Å²) in [5.74, 6) is 0. The van der Waals surface area contributed by atoms with Gasteiger partial charge < -0.3 is 9.73 Å². The monoisotopic (exact) mass is 315 g/mol. The van der Waals surface area contributed by atoms with Crippen molar-refractivity contribution in [2.24, 2.45) is 0 Å². The second-order valence-corrected chi connectivity index (χ2v) is 7.23. The lowest BCUT2D eigenvalue weighted by Gasteiger charge is -2.20. The van der Waals surface area contributed by atoms with Crippen molar-refractivity contribution in [3.8, 4) is 0 Å². The highest BCUT2D eigenvalue weighted by Gasteiger charge is 2.14. The summed E-state index contributed by atoms with van der Waals surface area (Å²) in [5.41, 5.74) is 5.45. The lowest BCUT2D eigenvalue weighted by atomic mass is 9.87. The molecule has 1 N–H and O–H groups in total. The molecule has 0 aliphatic heterocycles. The fraction of sp³-hybridized carbons (Fsp3) is 0.182. The summed E-state index contributed by atoms with van der Waals surface area (Å²) in [4.78, 5) is 0. The van der Waals surface area contributed by atoms with E-state index in [0.29, 0.717) is 0 Å². The minimum atomic E-state index is 0.131. The van der Waals surface area contributed by atoms with Crippen LogP contribution in [0.2, 0.25) is 0 Å². The van der Waals surface area contributed by atoms with Crippen LogP contribution in [0.15, 0.2) is 71.1 Å². The Morgan fingerprint density at radius 2 is 1.54 bits per heavy atom. The summed E-state index contributed by atoms with van der Waals surface area (Å²) in [6.07, 6.45) is 0. The standard InChI is InChI=1S/C22H21NO/c1-22(2,3)15-8-6-9-16(14-15)23-18-11-7-13-20-21(18)17-10-4-5-12-19(17)24-20/h4-14,23H,1-3H3. The molecule has 0 amide bonds. The van der Waals surface area contributed by atoms with E-state index in [9.17, 15) is 0 Å². The molecule has 0 unspecified atom stereocenters. The average molecular weight is 315 g/mol. The van der Waals surface area contributed by atoms with E-state index in [0.717, 1.165) is 33.3 Å². The molecule has 0 saturated heterocycles. The van der Waals surface area contributed by atoms with E-state index in [1.807, 2.05) is 30.3 Å². The molecule has 4 aromatic rings. The van der Waals surface area contributed by atoms with Gasteiger partial charge in [-0.1, -0.05) is 57.2 Å². The Morgan fingerprint density at radius 3 is 2.38 bits per heavy atom. The number of nitrogens with one attached hydrogen (secondary N) is 1. The second kappa shape index (κ2) is 5.41. The highest BCUT2D eigenvalue weighted by Crippen LogP contribution is 2.35. The minimum absolute atomic E-state index is 0.131. The highest BCUT2D eigenvalue weighted by atomic mass is 16.3. The number of furan rings is 1. The van der Waals surface area contributed by atoms with Gasteiger partial charge in [-0.3, -0.25) is 0 Å². The fourth-order valence-electron chi connectivity index (χ4n) is 3.10. The van der Waals surface area contributed by atoms with Gasteiger partial charge in [-0.15, -0.1) is 0 Å². The van der Waals surface area contributed by atoms with Crippen LogP contribution in [0.25, 0.3) is 21.9 Å². The lowest BCUT2D eigenvalue weighted by Crippen LogP contribution is -2.11. The van der Waals surface area contributed by atoms with Gasteiger partial charge in [0.05, 0.1) is 11.1 Å². The van der Waals surface area contributed by atoms with Crippen LogP contribution >= 0.6 is 0 Å². The van der Waals surface area contributed by atoms with Crippen LogP contribution in [0.3, 0.4) is 0 Å². The number of hydrogen-bond acceptors (Lipinski definition) is 2. The first-order chi connectivity index (χ1) is 11.5. The molecule has 1 heterocycles. The largest absolute Gasteiger partial charge is 0.456 e. The maximum Gasteiger partial charge on any atom is 0.137 e. The number of anilines is 2. The summed E-state index contributed by atoms with van der Waals surface area (Å²) >= 11 is 0. The lowest BCUT2D eigenvalue weighted by molar-refractivity contribution is 0.590. The van der Waals surface area contributed by atoms with Crippen LogP contribution < -0.4 is 5.32 Å². The first-order valence-corrected chi connectivity index (χ1v) is 8.30. The van der Waals surface area contributed by atoms with E-state index in [-0.39, 0.29) is 5.41 Å². The number of fused-ring (bicyclic) bond motifs is 3. The quantitative estimate of drug-likeness (QED) is 0.449. The molecule has 0 aliphatic carbocycles. The molecule has 0 spiro atoms. The zero-order valence-electron chi connectivity index (χ0n) is 14.3. The van der Waals surface area contributed by atoms with Crippen molar-refractivity contribution in [3.05, 3.63) is 72.3 Å². The van der Waals surface area contributed by atoms with Gasteiger partial charge in [0.25, 0.3) is 0 Å². The smallest absolute Gasteiger partial charge is 0.137 e. The Labute approximate surface area is 142 Å². The zero-order chi connectivity index (χ0) is 16.7. The molecule has 0 aliphatic rings. The van der Waals surface area contributed by atoms with Gasteiger partial charge in [0.2, 0.25) is 0 Å². The van der Waals surface area contributed by atoms with Crippen LogP contribution in [0.5, 0.6) is 0 Å². The molecule has 2 nitrogen and oxygen atoms in total. The molecular weight excluding hydrogens is 294 g/mol. The van der Waals surface area contributed by atoms with Crippen molar-refractivity contribution < 1.29 is 4.42 Å². The van der Waals surface area contributed by atoms with E-state index in [2.05, 4.69) is 62.5 Å². The number of hydrogen-bond donors (Lipinski definition) is 1. The summed E-state index contributed by atoms with van der Waals surface area (Å²) < 4.78 is 5.97. The minimum Gasteiger partial charge on any atom is -0.456 e. The highest BCUT2D eigenvalue weighted by molar-refractivity contribution is 6.11. The normalized spacial score (nSPS) is 12.0. The Balaban J connectivity index is 1.83. The number of para-hydroxylation sites is 1. The van der Waals surface area contributed by atoms with Gasteiger partial charge in [-0.05, 0) is 41.3 Å². The number of benzene rings is 3. The first kappa shape index (κ1) is 14.8. The third-order valence-electron chi connectivity index (χ3n) is 4.41. The molecule has 0 atom stereocenters. The second-order valence-electron chi connectivity index (χ2n) is 7.23. The molecule has 24 heavy (non-hydrogen) atoms. The predicted octanol–water partition coefficient (Wildman–Crippen LogP) is 6.63. The van der Waals surface area contributed by atoms with E-state index in [4.69, 9.17) is 4.42 Å². The Kier molecular flexibility index (Phi) is 3.34. The van der Waals surface area contributed by atoms with Crippen molar-refractivity contribution in [2.75, 3.05) is 5.32 Å². The van der Waals surface area contributed by atoms with Crippen LogP contribution in [0, 0.1) is 0 Å². The molecule has 4 rings (SSSR count). The molecule has 0 bridgehead atoms. The van der Waals surface area contributed by atoms with Crippen molar-refractivity contribution >= 4 is 33.3 Å². The Bertz CT molecular complexity index is 1020. The summed E-state index contributed by atoms with van der Waals surface area (Å²) in [5, 5.41) is 5.85. The zero-order valence-corrected chi connectivity index (χ0v) is 14.3. The molecule has 0 radical (unpaired) electrons. The van der Waals surface area contributed by atoms with Crippen molar-refractivity contribution in [3.63, 3.8) is 0 Å². The summed E-state index contributed by atoms with van der Waals surface area (Å²) in [7, 11) is 0. The Morgan fingerprint density at radius 1 is 0.792 bits per heavy atom. The predicted molar refractivity (Wildman–Crippen MR) is 102 cm³/mol. The average Bonchev–Trinajstić information content (AvgIpc) is 2.94. The molecule has 1 aromatic heterocycles. The first-order valence-electron chi connectivity index (χ1n) is 8.30. The molecule has 0 saturated carbocycles. The van der Waals surface area contributed by atoms with E-state index >= 15 is 0 Å². The van der Waals surface area contributed by atoms with E-state index in [1.165, 1.54) is 5.56 Å². The van der Waals surface area contributed by atoms with Crippen LogP contribution in [-0.4, -0.2) is 0 Å². The summed E-state index contributed by atoms with van der Waals surface area (Å²) in [6, 6.07) is 22.9. The molecule has 120 valence electrons. The fourth-order valence-corrected chi connectivity index (χ4v) is 3.10. The van der Waals surface area contributed by atoms with E-state index in [1.54, 1.807) is 0 Å².